The van der Waals surface area contributed by atoms with Gasteiger partial charge in [-0.2, -0.15) is 0 Å². The molecule has 0 aliphatic heterocycles. The number of hydrogen-bond donors (Lipinski definition) is 1. The maximum absolute atomic E-state index is 11.8. The smallest absolute Gasteiger partial charge is 0.264 e. The average molecular weight is 350 g/mol. The van der Waals surface area contributed by atoms with Crippen LogP contribution in [-0.2, 0) is 10.3 Å². The first kappa shape index (κ1) is 14.6. The Balaban J connectivity index is 3.33. The predicted octanol–water partition coefficient (Wildman–Crippen LogP) is 2.73. The minimum atomic E-state index is -0.469. The number of H-pyrrole nitrogens is 1. The molecule has 1 aromatic heterocycles. The van der Waals surface area contributed by atoms with E-state index in [0.29, 0.717) is 16.0 Å². The van der Waals surface area contributed by atoms with E-state index in [1.807, 2.05) is 50.3 Å². The molecular weight excluding hydrogens is 331 g/mol. The maximum Gasteiger partial charge on any atom is 0.264 e. The fraction of sp³-hybridized carbons (Fsp3) is 0.667. The minimum Gasteiger partial charge on any atom is -0.367 e. The van der Waals surface area contributed by atoms with E-state index in [-0.39, 0.29) is 5.56 Å². The third-order valence-electron chi connectivity index (χ3n) is 3.02. The lowest BCUT2D eigenvalue weighted by Gasteiger charge is -2.30. The summed E-state index contributed by atoms with van der Waals surface area (Å²) in [6.07, 6.45) is 1.58. The highest BCUT2D eigenvalue weighted by molar-refractivity contribution is 14.1. The molecule has 0 fully saturated rings. The molecule has 0 saturated heterocycles. The Labute approximate surface area is 115 Å². The Morgan fingerprint density at radius 1 is 1.35 bits per heavy atom. The maximum atomic E-state index is 11.8. The standard InChI is InChI=1S/C12H19IN2O2/c1-5-12(6-2,17-7-3)11-14-8(4)9(13)10(16)15-11/h5-7H2,1-4H3,(H,14,15,16). The summed E-state index contributed by atoms with van der Waals surface area (Å²) < 4.78 is 6.47. The first-order valence-corrected chi connectivity index (χ1v) is 6.99. The summed E-state index contributed by atoms with van der Waals surface area (Å²) in [5.41, 5.74) is 0.206. The molecule has 0 aromatic carbocycles. The molecule has 0 radical (unpaired) electrons. The quantitative estimate of drug-likeness (QED) is 0.831. The van der Waals surface area contributed by atoms with Gasteiger partial charge in [0.2, 0.25) is 0 Å². The molecule has 4 nitrogen and oxygen atoms in total. The van der Waals surface area contributed by atoms with E-state index in [4.69, 9.17) is 4.74 Å². The Hall–Kier alpha value is -0.430. The second-order valence-electron chi connectivity index (χ2n) is 3.95. The highest BCUT2D eigenvalue weighted by atomic mass is 127. The Morgan fingerprint density at radius 2 is 1.94 bits per heavy atom. The van der Waals surface area contributed by atoms with E-state index in [9.17, 15) is 4.79 Å². The first-order chi connectivity index (χ1) is 8.00. The van der Waals surface area contributed by atoms with Gasteiger partial charge in [-0.15, -0.1) is 0 Å². The summed E-state index contributed by atoms with van der Waals surface area (Å²) in [6.45, 7) is 8.51. The fourth-order valence-corrected chi connectivity index (χ4v) is 2.18. The first-order valence-electron chi connectivity index (χ1n) is 5.91. The topological polar surface area (TPSA) is 55.0 Å². The summed E-state index contributed by atoms with van der Waals surface area (Å²) in [6, 6.07) is 0. The monoisotopic (exact) mass is 350 g/mol. The van der Waals surface area contributed by atoms with Gasteiger partial charge < -0.3 is 9.72 Å². The molecular formula is C12H19IN2O2. The summed E-state index contributed by atoms with van der Waals surface area (Å²) in [5.74, 6) is 0.646. The summed E-state index contributed by atoms with van der Waals surface area (Å²) in [4.78, 5) is 19.1. The largest absolute Gasteiger partial charge is 0.367 e. The third-order valence-corrected chi connectivity index (χ3v) is 4.29. The number of aromatic nitrogens is 2. The second kappa shape index (κ2) is 5.95. The predicted molar refractivity (Wildman–Crippen MR) is 76.2 cm³/mol. The summed E-state index contributed by atoms with van der Waals surface area (Å²) >= 11 is 2.01. The Kier molecular flexibility index (Phi) is 5.12. The van der Waals surface area contributed by atoms with Crippen molar-refractivity contribution >= 4 is 22.6 Å². The van der Waals surface area contributed by atoms with Gasteiger partial charge in [0.25, 0.3) is 5.56 Å². The van der Waals surface area contributed by atoms with E-state index >= 15 is 0 Å². The number of nitrogens with one attached hydrogen (secondary N) is 1. The van der Waals surface area contributed by atoms with Gasteiger partial charge in [-0.1, -0.05) is 13.8 Å². The van der Waals surface area contributed by atoms with Gasteiger partial charge >= 0.3 is 0 Å². The normalized spacial score (nSPS) is 11.8. The molecule has 0 aliphatic carbocycles. The van der Waals surface area contributed by atoms with Crippen LogP contribution in [0.15, 0.2) is 4.79 Å². The zero-order valence-electron chi connectivity index (χ0n) is 10.8. The Bertz CT molecular complexity index is 439. The zero-order valence-corrected chi connectivity index (χ0v) is 12.9. The average Bonchev–Trinajstić information content (AvgIpc) is 2.32. The van der Waals surface area contributed by atoms with Crippen LogP contribution >= 0.6 is 22.6 Å². The van der Waals surface area contributed by atoms with Crippen molar-refractivity contribution in [3.05, 3.63) is 25.4 Å². The van der Waals surface area contributed by atoms with Crippen LogP contribution in [-0.4, -0.2) is 16.6 Å². The van der Waals surface area contributed by atoms with Crippen LogP contribution in [0, 0.1) is 10.5 Å². The number of halogens is 1. The van der Waals surface area contributed by atoms with Crippen LogP contribution in [0.25, 0.3) is 0 Å². The Morgan fingerprint density at radius 3 is 2.35 bits per heavy atom. The molecule has 0 bridgehead atoms. The molecule has 0 unspecified atom stereocenters. The van der Waals surface area contributed by atoms with Crippen molar-refractivity contribution in [3.63, 3.8) is 0 Å². The molecule has 0 atom stereocenters. The number of aryl methyl sites for hydroxylation is 1. The van der Waals surface area contributed by atoms with Crippen LogP contribution in [0.1, 0.15) is 45.1 Å². The minimum absolute atomic E-state index is 0.0842. The lowest BCUT2D eigenvalue weighted by Crippen LogP contribution is -2.34. The molecule has 1 N–H and O–H groups in total. The fourth-order valence-electron chi connectivity index (χ4n) is 1.92. The molecule has 0 amide bonds. The highest BCUT2D eigenvalue weighted by Crippen LogP contribution is 2.30. The molecule has 1 heterocycles. The molecule has 17 heavy (non-hydrogen) atoms. The van der Waals surface area contributed by atoms with Gasteiger partial charge in [-0.25, -0.2) is 4.98 Å². The number of hydrogen-bond acceptors (Lipinski definition) is 3. The van der Waals surface area contributed by atoms with Crippen molar-refractivity contribution in [2.24, 2.45) is 0 Å². The molecule has 96 valence electrons. The highest BCUT2D eigenvalue weighted by Gasteiger charge is 2.32. The number of rotatable bonds is 5. The van der Waals surface area contributed by atoms with Gasteiger partial charge in [0.1, 0.15) is 11.4 Å². The lowest BCUT2D eigenvalue weighted by molar-refractivity contribution is -0.0574. The van der Waals surface area contributed by atoms with E-state index in [0.717, 1.165) is 18.5 Å². The summed E-state index contributed by atoms with van der Waals surface area (Å²) in [5, 5.41) is 0. The van der Waals surface area contributed by atoms with Crippen LogP contribution in [0.4, 0.5) is 0 Å². The van der Waals surface area contributed by atoms with Crippen molar-refractivity contribution in [2.75, 3.05) is 6.61 Å². The zero-order chi connectivity index (χ0) is 13.1. The SMILES string of the molecule is CCOC(CC)(CC)c1nc(C)c(I)c(=O)[nH]1. The van der Waals surface area contributed by atoms with Gasteiger partial charge in [-0.05, 0) is 49.3 Å². The van der Waals surface area contributed by atoms with E-state index in [1.54, 1.807) is 0 Å². The van der Waals surface area contributed by atoms with Crippen molar-refractivity contribution in [3.8, 4) is 0 Å². The van der Waals surface area contributed by atoms with Gasteiger partial charge in [0.05, 0.1) is 9.26 Å². The van der Waals surface area contributed by atoms with Crippen molar-refractivity contribution in [1.29, 1.82) is 0 Å². The lowest BCUT2D eigenvalue weighted by atomic mass is 9.96. The van der Waals surface area contributed by atoms with Crippen molar-refractivity contribution < 1.29 is 4.74 Å². The molecule has 1 aromatic rings. The molecule has 0 saturated carbocycles. The van der Waals surface area contributed by atoms with Gasteiger partial charge in [0, 0.05) is 6.61 Å². The second-order valence-corrected chi connectivity index (χ2v) is 5.03. The van der Waals surface area contributed by atoms with E-state index in [2.05, 4.69) is 9.97 Å². The molecule has 0 aliphatic rings. The number of aromatic amines is 1. The van der Waals surface area contributed by atoms with Gasteiger partial charge in [0.15, 0.2) is 0 Å². The number of nitrogens with zero attached hydrogens (tertiary/aromatic N) is 1. The van der Waals surface area contributed by atoms with Crippen LogP contribution in [0.2, 0.25) is 0 Å². The molecule has 1 rings (SSSR count). The number of ether oxygens (including phenoxy) is 1. The van der Waals surface area contributed by atoms with Crippen LogP contribution in [0.5, 0.6) is 0 Å². The van der Waals surface area contributed by atoms with Gasteiger partial charge in [-0.3, -0.25) is 4.79 Å². The molecule has 0 spiro atoms. The van der Waals surface area contributed by atoms with E-state index in [1.165, 1.54) is 0 Å². The van der Waals surface area contributed by atoms with Crippen LogP contribution in [0.3, 0.4) is 0 Å². The van der Waals surface area contributed by atoms with Crippen molar-refractivity contribution in [2.45, 2.75) is 46.1 Å². The summed E-state index contributed by atoms with van der Waals surface area (Å²) in [7, 11) is 0. The van der Waals surface area contributed by atoms with Crippen molar-refractivity contribution in [1.82, 2.24) is 9.97 Å². The third kappa shape index (κ3) is 2.88. The van der Waals surface area contributed by atoms with E-state index < -0.39 is 5.60 Å². The van der Waals surface area contributed by atoms with Crippen LogP contribution < -0.4 is 5.56 Å². The molecule has 5 heteroatoms.